The zero-order valence-corrected chi connectivity index (χ0v) is 14.3. The summed E-state index contributed by atoms with van der Waals surface area (Å²) in [6.45, 7) is 8.43. The molecule has 1 amide bonds. The van der Waals surface area contributed by atoms with Crippen LogP contribution >= 0.6 is 0 Å². The number of likely N-dealkylation sites (tertiary alicyclic amines) is 1. The van der Waals surface area contributed by atoms with Crippen molar-refractivity contribution in [1.29, 1.82) is 0 Å². The van der Waals surface area contributed by atoms with E-state index in [1.54, 1.807) is 0 Å². The predicted octanol–water partition coefficient (Wildman–Crippen LogP) is 2.65. The number of nitrogens with zero attached hydrogens (tertiary/aromatic N) is 2. The standard InChI is InChI=1S/C18H28N2O3/c1-18(2,3)20(17(22)23)13-15-12-19(10-9-16(15)21)11-14-7-5-4-6-8-14/h4-8,15-16,21H,9-13H2,1-3H3,(H,22,23)/t15-,16-/m1/s1. The molecule has 1 saturated heterocycles. The third-order valence-electron chi connectivity index (χ3n) is 4.48. The predicted molar refractivity (Wildman–Crippen MR) is 90.3 cm³/mol. The summed E-state index contributed by atoms with van der Waals surface area (Å²) in [6, 6.07) is 10.2. The van der Waals surface area contributed by atoms with Gasteiger partial charge in [-0.25, -0.2) is 4.79 Å². The second kappa shape index (κ2) is 7.32. The van der Waals surface area contributed by atoms with Crippen molar-refractivity contribution in [3.8, 4) is 0 Å². The quantitative estimate of drug-likeness (QED) is 0.895. The number of amides is 1. The Balaban J connectivity index is 2.01. The molecule has 5 nitrogen and oxygen atoms in total. The van der Waals surface area contributed by atoms with Crippen LogP contribution in [0.2, 0.25) is 0 Å². The van der Waals surface area contributed by atoms with Crippen molar-refractivity contribution < 1.29 is 15.0 Å². The van der Waals surface area contributed by atoms with E-state index >= 15 is 0 Å². The number of aliphatic hydroxyl groups is 1. The molecular weight excluding hydrogens is 292 g/mol. The average Bonchev–Trinajstić information content (AvgIpc) is 2.47. The molecule has 1 fully saturated rings. The summed E-state index contributed by atoms with van der Waals surface area (Å²) in [6.07, 6.45) is -0.675. The first-order valence-electron chi connectivity index (χ1n) is 8.22. The van der Waals surface area contributed by atoms with Gasteiger partial charge in [0.25, 0.3) is 0 Å². The second-order valence-electron chi connectivity index (χ2n) is 7.40. The molecule has 0 unspecified atom stereocenters. The molecule has 2 rings (SSSR count). The molecular formula is C18H28N2O3. The van der Waals surface area contributed by atoms with Crippen molar-refractivity contribution in [2.75, 3.05) is 19.6 Å². The number of carboxylic acid groups (broad SMARTS) is 1. The second-order valence-corrected chi connectivity index (χ2v) is 7.40. The third-order valence-corrected chi connectivity index (χ3v) is 4.48. The van der Waals surface area contributed by atoms with Crippen LogP contribution in [0.4, 0.5) is 4.79 Å². The lowest BCUT2D eigenvalue weighted by Gasteiger charge is -2.41. The summed E-state index contributed by atoms with van der Waals surface area (Å²) >= 11 is 0. The Hall–Kier alpha value is -1.59. The lowest BCUT2D eigenvalue weighted by Crippen LogP contribution is -2.53. The largest absolute Gasteiger partial charge is 0.465 e. The highest BCUT2D eigenvalue weighted by molar-refractivity contribution is 5.66. The molecule has 0 radical (unpaired) electrons. The van der Waals surface area contributed by atoms with Gasteiger partial charge in [0.2, 0.25) is 0 Å². The summed E-state index contributed by atoms with van der Waals surface area (Å²) in [4.78, 5) is 15.3. The highest BCUT2D eigenvalue weighted by atomic mass is 16.4. The number of hydrogen-bond donors (Lipinski definition) is 2. The van der Waals surface area contributed by atoms with E-state index in [1.165, 1.54) is 10.5 Å². The Morgan fingerprint density at radius 1 is 1.30 bits per heavy atom. The summed E-state index contributed by atoms with van der Waals surface area (Å²) < 4.78 is 0. The van der Waals surface area contributed by atoms with Gasteiger partial charge in [0.1, 0.15) is 0 Å². The molecule has 0 aliphatic carbocycles. The number of hydrogen-bond acceptors (Lipinski definition) is 3. The van der Waals surface area contributed by atoms with Crippen LogP contribution in [0.1, 0.15) is 32.8 Å². The highest BCUT2D eigenvalue weighted by Crippen LogP contribution is 2.23. The zero-order chi connectivity index (χ0) is 17.0. The van der Waals surface area contributed by atoms with Crippen molar-refractivity contribution >= 4 is 6.09 Å². The van der Waals surface area contributed by atoms with Crippen molar-refractivity contribution in [3.05, 3.63) is 35.9 Å². The fourth-order valence-electron chi connectivity index (χ4n) is 3.13. The molecule has 1 aliphatic heterocycles. The number of benzene rings is 1. The van der Waals surface area contributed by atoms with Crippen LogP contribution in [0.15, 0.2) is 30.3 Å². The Morgan fingerprint density at radius 3 is 2.52 bits per heavy atom. The first-order chi connectivity index (χ1) is 10.8. The van der Waals surface area contributed by atoms with Gasteiger partial charge in [-0.15, -0.1) is 0 Å². The van der Waals surface area contributed by atoms with Gasteiger partial charge in [-0.1, -0.05) is 30.3 Å². The first-order valence-corrected chi connectivity index (χ1v) is 8.22. The van der Waals surface area contributed by atoms with Gasteiger partial charge in [-0.2, -0.15) is 0 Å². The first kappa shape index (κ1) is 17.8. The van der Waals surface area contributed by atoms with Crippen LogP contribution in [-0.4, -0.2) is 57.4 Å². The van der Waals surface area contributed by atoms with Crippen LogP contribution in [0.5, 0.6) is 0 Å². The number of aliphatic hydroxyl groups excluding tert-OH is 1. The molecule has 0 aromatic heterocycles. The molecule has 1 aromatic carbocycles. The average molecular weight is 320 g/mol. The minimum Gasteiger partial charge on any atom is -0.465 e. The molecule has 1 aliphatic rings. The number of piperidine rings is 1. The molecule has 2 atom stereocenters. The van der Waals surface area contributed by atoms with Gasteiger partial charge in [-0.05, 0) is 32.8 Å². The topological polar surface area (TPSA) is 64.0 Å². The van der Waals surface area contributed by atoms with Gasteiger partial charge < -0.3 is 15.1 Å². The van der Waals surface area contributed by atoms with Crippen molar-refractivity contribution in [1.82, 2.24) is 9.80 Å². The van der Waals surface area contributed by atoms with Gasteiger partial charge >= 0.3 is 6.09 Å². The number of rotatable bonds is 4. The molecule has 0 bridgehead atoms. The van der Waals surface area contributed by atoms with E-state index < -0.39 is 17.7 Å². The van der Waals surface area contributed by atoms with Gasteiger partial charge in [0, 0.05) is 37.6 Å². The van der Waals surface area contributed by atoms with Crippen LogP contribution in [0.25, 0.3) is 0 Å². The normalized spacial score (nSPS) is 22.8. The maximum Gasteiger partial charge on any atom is 0.407 e. The van der Waals surface area contributed by atoms with Crippen molar-refractivity contribution in [3.63, 3.8) is 0 Å². The van der Waals surface area contributed by atoms with E-state index in [0.29, 0.717) is 13.0 Å². The Bertz CT molecular complexity index is 513. The van der Waals surface area contributed by atoms with Crippen LogP contribution in [-0.2, 0) is 6.54 Å². The highest BCUT2D eigenvalue weighted by Gasteiger charge is 2.34. The summed E-state index contributed by atoms with van der Waals surface area (Å²) in [5.74, 6) is -0.0530. The fraction of sp³-hybridized carbons (Fsp3) is 0.611. The fourth-order valence-corrected chi connectivity index (χ4v) is 3.13. The van der Waals surface area contributed by atoms with E-state index in [0.717, 1.165) is 19.6 Å². The molecule has 23 heavy (non-hydrogen) atoms. The molecule has 1 heterocycles. The monoisotopic (exact) mass is 320 g/mol. The molecule has 0 saturated carbocycles. The SMILES string of the molecule is CC(C)(C)N(C[C@H]1CN(Cc2ccccc2)CC[C@H]1O)C(=O)O. The zero-order valence-electron chi connectivity index (χ0n) is 14.3. The van der Waals surface area contributed by atoms with E-state index in [-0.39, 0.29) is 5.92 Å². The molecule has 5 heteroatoms. The summed E-state index contributed by atoms with van der Waals surface area (Å²) in [5, 5.41) is 19.8. The van der Waals surface area contributed by atoms with Crippen molar-refractivity contribution in [2.45, 2.75) is 45.4 Å². The minimum absolute atomic E-state index is 0.0530. The van der Waals surface area contributed by atoms with E-state index in [1.807, 2.05) is 39.0 Å². The smallest absolute Gasteiger partial charge is 0.407 e. The van der Waals surface area contributed by atoms with E-state index in [9.17, 15) is 15.0 Å². The summed E-state index contributed by atoms with van der Waals surface area (Å²) in [7, 11) is 0. The van der Waals surface area contributed by atoms with E-state index in [2.05, 4.69) is 17.0 Å². The Kier molecular flexibility index (Phi) is 5.65. The third kappa shape index (κ3) is 4.94. The Labute approximate surface area is 138 Å². The molecule has 0 spiro atoms. The van der Waals surface area contributed by atoms with Gasteiger partial charge in [0.15, 0.2) is 0 Å². The van der Waals surface area contributed by atoms with Crippen LogP contribution in [0.3, 0.4) is 0 Å². The molecule has 1 aromatic rings. The lowest BCUT2D eigenvalue weighted by molar-refractivity contribution is -0.00407. The molecule has 128 valence electrons. The maximum atomic E-state index is 11.5. The van der Waals surface area contributed by atoms with E-state index in [4.69, 9.17) is 0 Å². The molecule has 2 N–H and O–H groups in total. The number of carbonyl (C=O) groups is 1. The van der Waals surface area contributed by atoms with Gasteiger partial charge in [-0.3, -0.25) is 4.90 Å². The summed E-state index contributed by atoms with van der Waals surface area (Å²) in [5.41, 5.74) is 0.779. The maximum absolute atomic E-state index is 11.5. The minimum atomic E-state index is -0.926. The van der Waals surface area contributed by atoms with Crippen LogP contribution < -0.4 is 0 Å². The van der Waals surface area contributed by atoms with Crippen molar-refractivity contribution in [2.24, 2.45) is 5.92 Å². The Morgan fingerprint density at radius 2 is 1.96 bits per heavy atom. The lowest BCUT2D eigenvalue weighted by atomic mass is 9.92. The van der Waals surface area contributed by atoms with Gasteiger partial charge in [0.05, 0.1) is 6.10 Å². The van der Waals surface area contributed by atoms with Crippen LogP contribution in [0, 0.1) is 5.92 Å².